The third-order valence-electron chi connectivity index (χ3n) is 3.61. The Hall–Kier alpha value is -1.12. The Kier molecular flexibility index (Phi) is 3.48. The van der Waals surface area contributed by atoms with Crippen LogP contribution in [0.25, 0.3) is 0 Å². The molecule has 1 fully saturated rings. The van der Waals surface area contributed by atoms with Crippen molar-refractivity contribution in [2.45, 2.75) is 38.8 Å². The van der Waals surface area contributed by atoms with Crippen molar-refractivity contribution in [3.8, 4) is 0 Å². The fourth-order valence-electron chi connectivity index (χ4n) is 2.23. The van der Waals surface area contributed by atoms with Crippen molar-refractivity contribution in [2.75, 3.05) is 0 Å². The molecule has 1 aromatic carbocycles. The summed E-state index contributed by atoms with van der Waals surface area (Å²) in [6.07, 6.45) is 2.77. The zero-order valence-corrected chi connectivity index (χ0v) is 11.6. The maximum Gasteiger partial charge on any atom is 0.0305 e. The van der Waals surface area contributed by atoms with Crippen molar-refractivity contribution < 1.29 is 0 Å². The number of thiophene rings is 1. The highest BCUT2D eigenvalue weighted by Gasteiger charge is 2.22. The predicted octanol–water partition coefficient (Wildman–Crippen LogP) is 4.22. The first kappa shape index (κ1) is 11.9. The van der Waals surface area contributed by atoms with Gasteiger partial charge in [-0.2, -0.15) is 0 Å². The maximum absolute atomic E-state index is 3.52. The molecule has 1 aliphatic rings. The molecule has 18 heavy (non-hydrogen) atoms. The molecule has 3 rings (SSSR count). The smallest absolute Gasteiger partial charge is 0.0305 e. The number of aryl methyl sites for hydroxylation is 1. The van der Waals surface area contributed by atoms with Crippen molar-refractivity contribution >= 4 is 11.3 Å². The van der Waals surface area contributed by atoms with E-state index >= 15 is 0 Å². The number of rotatable bonds is 5. The van der Waals surface area contributed by atoms with Gasteiger partial charge in [-0.25, -0.2) is 0 Å². The molecule has 1 saturated carbocycles. The number of hydrogen-bond acceptors (Lipinski definition) is 2. The van der Waals surface area contributed by atoms with Gasteiger partial charge in [-0.3, -0.25) is 0 Å². The quantitative estimate of drug-likeness (QED) is 0.845. The van der Waals surface area contributed by atoms with Crippen LogP contribution in [0.1, 0.15) is 40.3 Å². The standard InChI is InChI=1S/C16H19NS/c1-12-8-9-18-16(12)11-17-10-13-2-4-14(5-3-13)15-6-7-15/h2-5,8-9,15,17H,6-7,10-11H2,1H3. The topological polar surface area (TPSA) is 12.0 Å². The second kappa shape index (κ2) is 5.25. The molecule has 0 aliphatic heterocycles. The van der Waals surface area contributed by atoms with Gasteiger partial charge in [0.25, 0.3) is 0 Å². The molecule has 0 bridgehead atoms. The summed E-state index contributed by atoms with van der Waals surface area (Å²) in [4.78, 5) is 1.45. The molecule has 0 atom stereocenters. The monoisotopic (exact) mass is 257 g/mol. The SMILES string of the molecule is Cc1ccsc1CNCc1ccc(C2CC2)cc1. The molecule has 1 aliphatic carbocycles. The van der Waals surface area contributed by atoms with E-state index in [4.69, 9.17) is 0 Å². The highest BCUT2D eigenvalue weighted by molar-refractivity contribution is 7.10. The van der Waals surface area contributed by atoms with Crippen molar-refractivity contribution in [3.05, 3.63) is 57.3 Å². The lowest BCUT2D eigenvalue weighted by atomic mass is 10.1. The van der Waals surface area contributed by atoms with Crippen LogP contribution in [0.2, 0.25) is 0 Å². The summed E-state index contributed by atoms with van der Waals surface area (Å²) >= 11 is 1.84. The Labute approximate surface area is 113 Å². The summed E-state index contributed by atoms with van der Waals surface area (Å²) in [6, 6.07) is 11.3. The Balaban J connectivity index is 1.52. The van der Waals surface area contributed by atoms with Crippen LogP contribution in [0.4, 0.5) is 0 Å². The van der Waals surface area contributed by atoms with Gasteiger partial charge in [0.05, 0.1) is 0 Å². The molecule has 0 saturated heterocycles. The van der Waals surface area contributed by atoms with Crippen LogP contribution in [0.5, 0.6) is 0 Å². The Bertz CT molecular complexity index is 508. The van der Waals surface area contributed by atoms with Gasteiger partial charge in [-0.1, -0.05) is 24.3 Å². The largest absolute Gasteiger partial charge is 0.308 e. The number of benzene rings is 1. The second-order valence-electron chi connectivity index (χ2n) is 5.15. The van der Waals surface area contributed by atoms with E-state index in [1.165, 1.54) is 34.4 Å². The van der Waals surface area contributed by atoms with Crippen LogP contribution in [-0.2, 0) is 13.1 Å². The normalized spacial score (nSPS) is 14.9. The maximum atomic E-state index is 3.52. The minimum absolute atomic E-state index is 0.862. The molecule has 94 valence electrons. The molecule has 1 heterocycles. The molecule has 1 N–H and O–H groups in total. The molecular weight excluding hydrogens is 238 g/mol. The summed E-state index contributed by atoms with van der Waals surface area (Å²) in [5.41, 5.74) is 4.30. The van der Waals surface area contributed by atoms with Crippen LogP contribution in [-0.4, -0.2) is 0 Å². The first-order valence-corrected chi connectivity index (χ1v) is 7.53. The third kappa shape index (κ3) is 2.82. The van der Waals surface area contributed by atoms with E-state index in [2.05, 4.69) is 48.0 Å². The molecule has 0 radical (unpaired) electrons. The predicted molar refractivity (Wildman–Crippen MR) is 78.0 cm³/mol. The van der Waals surface area contributed by atoms with Gasteiger partial charge in [0, 0.05) is 18.0 Å². The van der Waals surface area contributed by atoms with Gasteiger partial charge in [0.2, 0.25) is 0 Å². The summed E-state index contributed by atoms with van der Waals surface area (Å²) < 4.78 is 0. The van der Waals surface area contributed by atoms with Gasteiger partial charge in [-0.15, -0.1) is 11.3 Å². The summed E-state index contributed by atoms with van der Waals surface area (Å²) in [5.74, 6) is 0.862. The molecule has 1 aromatic heterocycles. The first-order valence-electron chi connectivity index (χ1n) is 6.65. The molecular formula is C16H19NS. The lowest BCUT2D eigenvalue weighted by Gasteiger charge is -2.05. The third-order valence-corrected chi connectivity index (χ3v) is 4.63. The lowest BCUT2D eigenvalue weighted by Crippen LogP contribution is -2.12. The zero-order valence-electron chi connectivity index (χ0n) is 10.8. The van der Waals surface area contributed by atoms with E-state index in [9.17, 15) is 0 Å². The Morgan fingerprint density at radius 2 is 1.89 bits per heavy atom. The van der Waals surface area contributed by atoms with Crippen molar-refractivity contribution in [2.24, 2.45) is 0 Å². The second-order valence-corrected chi connectivity index (χ2v) is 6.15. The van der Waals surface area contributed by atoms with E-state index in [1.54, 1.807) is 0 Å². The van der Waals surface area contributed by atoms with Crippen LogP contribution in [0, 0.1) is 6.92 Å². The highest BCUT2D eigenvalue weighted by Crippen LogP contribution is 2.39. The summed E-state index contributed by atoms with van der Waals surface area (Å²) in [6.45, 7) is 4.12. The van der Waals surface area contributed by atoms with E-state index < -0.39 is 0 Å². The minimum Gasteiger partial charge on any atom is -0.308 e. The lowest BCUT2D eigenvalue weighted by molar-refractivity contribution is 0.698. The number of hydrogen-bond donors (Lipinski definition) is 1. The molecule has 2 aromatic rings. The van der Waals surface area contributed by atoms with Crippen molar-refractivity contribution in [1.29, 1.82) is 0 Å². The molecule has 0 spiro atoms. The Morgan fingerprint density at radius 3 is 2.50 bits per heavy atom. The van der Waals surface area contributed by atoms with E-state index in [1.807, 2.05) is 11.3 Å². The molecule has 0 unspecified atom stereocenters. The minimum atomic E-state index is 0.862. The summed E-state index contributed by atoms with van der Waals surface area (Å²) in [5, 5.41) is 5.68. The average Bonchev–Trinajstić information content (AvgIpc) is 3.16. The fourth-order valence-corrected chi connectivity index (χ4v) is 3.11. The van der Waals surface area contributed by atoms with E-state index in [0.717, 1.165) is 19.0 Å². The van der Waals surface area contributed by atoms with Gasteiger partial charge in [0.1, 0.15) is 0 Å². The Morgan fingerprint density at radius 1 is 1.11 bits per heavy atom. The average molecular weight is 257 g/mol. The van der Waals surface area contributed by atoms with Gasteiger partial charge in [0.15, 0.2) is 0 Å². The highest BCUT2D eigenvalue weighted by atomic mass is 32.1. The van der Waals surface area contributed by atoms with Crippen LogP contribution < -0.4 is 5.32 Å². The van der Waals surface area contributed by atoms with Gasteiger partial charge in [-0.05, 0) is 53.8 Å². The molecule has 1 nitrogen and oxygen atoms in total. The zero-order chi connectivity index (χ0) is 12.4. The molecule has 0 amide bonds. The van der Waals surface area contributed by atoms with Crippen LogP contribution in [0.3, 0.4) is 0 Å². The van der Waals surface area contributed by atoms with Crippen LogP contribution in [0.15, 0.2) is 35.7 Å². The van der Waals surface area contributed by atoms with E-state index in [-0.39, 0.29) is 0 Å². The summed E-state index contributed by atoms with van der Waals surface area (Å²) in [7, 11) is 0. The van der Waals surface area contributed by atoms with Crippen molar-refractivity contribution in [3.63, 3.8) is 0 Å². The molecule has 2 heteroatoms. The number of nitrogens with one attached hydrogen (secondary N) is 1. The van der Waals surface area contributed by atoms with Gasteiger partial charge < -0.3 is 5.32 Å². The van der Waals surface area contributed by atoms with Gasteiger partial charge >= 0.3 is 0 Å². The van der Waals surface area contributed by atoms with Crippen molar-refractivity contribution in [1.82, 2.24) is 5.32 Å². The first-order chi connectivity index (χ1) is 8.83. The van der Waals surface area contributed by atoms with Crippen LogP contribution >= 0.6 is 11.3 Å². The van der Waals surface area contributed by atoms with E-state index in [0.29, 0.717) is 0 Å². The fraction of sp³-hybridized carbons (Fsp3) is 0.375.